The van der Waals surface area contributed by atoms with Crippen molar-refractivity contribution in [2.24, 2.45) is 4.99 Å². The first-order valence-electron chi connectivity index (χ1n) is 8.94. The lowest BCUT2D eigenvalue weighted by Gasteiger charge is -2.21. The van der Waals surface area contributed by atoms with Crippen LogP contribution in [-0.2, 0) is 0 Å². The largest absolute Gasteiger partial charge is 0.478 e. The average Bonchev–Trinajstić information content (AvgIpc) is 3.04. The molecule has 0 fully saturated rings. The van der Waals surface area contributed by atoms with E-state index in [0.29, 0.717) is 16.9 Å². The topological polar surface area (TPSA) is 82.8 Å². The fourth-order valence-electron chi connectivity index (χ4n) is 3.23. The van der Waals surface area contributed by atoms with Crippen molar-refractivity contribution in [1.29, 1.82) is 0 Å². The van der Waals surface area contributed by atoms with Crippen LogP contribution in [-0.4, -0.2) is 47.1 Å². The summed E-state index contributed by atoms with van der Waals surface area (Å²) >= 11 is 0. The van der Waals surface area contributed by atoms with E-state index in [4.69, 9.17) is 0 Å². The molecule has 0 saturated carbocycles. The lowest BCUT2D eigenvalue weighted by molar-refractivity contribution is 0.0697. The van der Waals surface area contributed by atoms with Crippen molar-refractivity contribution in [3.63, 3.8) is 0 Å². The number of nitrogens with one attached hydrogen (secondary N) is 1. The fraction of sp³-hybridized carbons (Fsp3) is 0.150. The highest BCUT2D eigenvalue weighted by Crippen LogP contribution is 2.39. The van der Waals surface area contributed by atoms with Crippen LogP contribution < -0.4 is 10.3 Å². The molecule has 30 heavy (non-hydrogen) atoms. The van der Waals surface area contributed by atoms with Gasteiger partial charge in [0.05, 0.1) is 35.2 Å². The van der Waals surface area contributed by atoms with Crippen LogP contribution in [0.1, 0.15) is 15.9 Å². The molecule has 0 spiro atoms. The number of benzene rings is 2. The Morgan fingerprint density at radius 1 is 1.23 bits per heavy atom. The van der Waals surface area contributed by atoms with Gasteiger partial charge in [0.2, 0.25) is 0 Å². The maximum Gasteiger partial charge on any atom is 0.335 e. The van der Waals surface area contributed by atoms with Crippen LogP contribution in [0.15, 0.2) is 47.6 Å². The number of halogens is 3. The number of rotatable bonds is 5. The Bertz CT molecular complexity index is 1150. The molecule has 1 aromatic heterocycles. The Morgan fingerprint density at radius 3 is 2.63 bits per heavy atom. The number of amidine groups is 1. The van der Waals surface area contributed by atoms with Gasteiger partial charge < -0.3 is 10.4 Å². The van der Waals surface area contributed by atoms with E-state index in [1.54, 1.807) is 7.05 Å². The van der Waals surface area contributed by atoms with E-state index in [1.807, 2.05) is 0 Å². The van der Waals surface area contributed by atoms with Gasteiger partial charge in [0.15, 0.2) is 0 Å². The number of nitrogens with zero attached hydrogens (tertiary/aromatic N) is 4. The molecular weight excluding hydrogens is 399 g/mol. The SMILES string of the molecule is CN(CCF)n1ncc2c1-c1cc(C(=O)O)ccc1N=C(c1c(F)cccc1F)N2. The van der Waals surface area contributed by atoms with Crippen molar-refractivity contribution in [3.8, 4) is 11.3 Å². The van der Waals surface area contributed by atoms with Gasteiger partial charge in [-0.3, -0.25) is 5.01 Å². The first-order chi connectivity index (χ1) is 14.4. The van der Waals surface area contributed by atoms with Gasteiger partial charge >= 0.3 is 5.97 Å². The van der Waals surface area contributed by atoms with Crippen LogP contribution in [0.2, 0.25) is 0 Å². The Labute approximate surface area is 169 Å². The summed E-state index contributed by atoms with van der Waals surface area (Å²) in [4.78, 5) is 17.2. The zero-order valence-electron chi connectivity index (χ0n) is 15.7. The summed E-state index contributed by atoms with van der Waals surface area (Å²) in [5.41, 5.74) is 1.01. The van der Waals surface area contributed by atoms with Crippen molar-refractivity contribution in [2.75, 3.05) is 30.6 Å². The molecule has 0 atom stereocenters. The smallest absolute Gasteiger partial charge is 0.335 e. The van der Waals surface area contributed by atoms with Gasteiger partial charge in [-0.05, 0) is 30.3 Å². The quantitative estimate of drug-likeness (QED) is 0.666. The minimum absolute atomic E-state index is 0.00341. The van der Waals surface area contributed by atoms with Gasteiger partial charge in [0, 0.05) is 12.6 Å². The zero-order chi connectivity index (χ0) is 21.4. The lowest BCUT2D eigenvalue weighted by Crippen LogP contribution is -2.33. The van der Waals surface area contributed by atoms with E-state index in [1.165, 1.54) is 40.3 Å². The number of fused-ring (bicyclic) bond motifs is 3. The van der Waals surface area contributed by atoms with E-state index in [9.17, 15) is 23.1 Å². The molecule has 0 radical (unpaired) electrons. The number of aromatic nitrogens is 2. The number of carbonyl (C=O) groups is 1. The van der Waals surface area contributed by atoms with Crippen LogP contribution >= 0.6 is 0 Å². The van der Waals surface area contributed by atoms with Crippen molar-refractivity contribution in [3.05, 3.63) is 65.4 Å². The molecule has 1 aliphatic heterocycles. The summed E-state index contributed by atoms with van der Waals surface area (Å²) in [5.74, 6) is -2.86. The van der Waals surface area contributed by atoms with Crippen molar-refractivity contribution >= 4 is 23.2 Å². The molecule has 3 aromatic rings. The van der Waals surface area contributed by atoms with E-state index in [0.717, 1.165) is 12.1 Å². The van der Waals surface area contributed by atoms with E-state index < -0.39 is 24.3 Å². The first kappa shape index (κ1) is 19.5. The van der Waals surface area contributed by atoms with Gasteiger partial charge in [0.25, 0.3) is 0 Å². The highest BCUT2D eigenvalue weighted by molar-refractivity contribution is 6.13. The molecule has 2 aromatic carbocycles. The summed E-state index contributed by atoms with van der Waals surface area (Å²) in [6.45, 7) is -0.611. The predicted octanol–water partition coefficient (Wildman–Crippen LogP) is 3.57. The van der Waals surface area contributed by atoms with Crippen molar-refractivity contribution < 1.29 is 23.1 Å². The molecule has 10 heteroatoms. The monoisotopic (exact) mass is 415 g/mol. The highest BCUT2D eigenvalue weighted by atomic mass is 19.1. The average molecular weight is 415 g/mol. The number of anilines is 1. The normalized spacial score (nSPS) is 12.3. The lowest BCUT2D eigenvalue weighted by atomic mass is 10.1. The van der Waals surface area contributed by atoms with Gasteiger partial charge in [-0.2, -0.15) is 9.89 Å². The zero-order valence-corrected chi connectivity index (χ0v) is 15.7. The maximum absolute atomic E-state index is 14.4. The number of aliphatic imine (C=N–C) groups is 1. The third kappa shape index (κ3) is 3.25. The number of hydrogen-bond donors (Lipinski definition) is 2. The fourth-order valence-corrected chi connectivity index (χ4v) is 3.23. The van der Waals surface area contributed by atoms with Crippen LogP contribution in [0, 0.1) is 11.6 Å². The van der Waals surface area contributed by atoms with Crippen LogP contribution in [0.25, 0.3) is 11.3 Å². The number of alkyl halides is 1. The number of aromatic carboxylic acids is 1. The number of carboxylic acid groups (broad SMARTS) is 1. The molecule has 0 aliphatic carbocycles. The second-order valence-corrected chi connectivity index (χ2v) is 6.59. The van der Waals surface area contributed by atoms with Crippen molar-refractivity contribution in [2.45, 2.75) is 0 Å². The minimum Gasteiger partial charge on any atom is -0.478 e. The molecule has 7 nitrogen and oxygen atoms in total. The third-order valence-electron chi connectivity index (χ3n) is 4.67. The molecule has 1 aliphatic rings. The van der Waals surface area contributed by atoms with E-state index in [-0.39, 0.29) is 29.2 Å². The maximum atomic E-state index is 14.4. The van der Waals surface area contributed by atoms with Gasteiger partial charge in [0.1, 0.15) is 29.8 Å². The molecule has 4 rings (SSSR count). The Hall–Kier alpha value is -3.82. The summed E-state index contributed by atoms with van der Waals surface area (Å²) in [6.07, 6.45) is 1.40. The minimum atomic E-state index is -1.15. The van der Waals surface area contributed by atoms with E-state index >= 15 is 0 Å². The summed E-state index contributed by atoms with van der Waals surface area (Å²) < 4.78 is 41.7. The molecule has 154 valence electrons. The predicted molar refractivity (Wildman–Crippen MR) is 106 cm³/mol. The van der Waals surface area contributed by atoms with E-state index in [2.05, 4.69) is 15.4 Å². The molecule has 0 amide bonds. The first-order valence-corrected chi connectivity index (χ1v) is 8.94. The van der Waals surface area contributed by atoms with Crippen LogP contribution in [0.3, 0.4) is 0 Å². The summed E-state index contributed by atoms with van der Waals surface area (Å²) in [6, 6.07) is 7.65. The van der Waals surface area contributed by atoms with Gasteiger partial charge in [-0.15, -0.1) is 0 Å². The second-order valence-electron chi connectivity index (χ2n) is 6.59. The van der Waals surface area contributed by atoms with Crippen molar-refractivity contribution in [1.82, 2.24) is 9.89 Å². The Balaban J connectivity index is 1.97. The van der Waals surface area contributed by atoms with Crippen LogP contribution in [0.5, 0.6) is 0 Å². The van der Waals surface area contributed by atoms with Crippen LogP contribution in [0.4, 0.5) is 24.5 Å². The standard InChI is InChI=1S/C20H16F3N5O2/c1-27(8-7-21)28-18-12-9-11(20(29)30)5-6-15(12)25-19(26-16(18)10-24-28)17-13(22)3-2-4-14(17)23/h2-6,9-10H,7-8H2,1H3,(H,25,26)(H,29,30). The molecular formula is C20H16F3N5O2. The number of carboxylic acids is 1. The molecule has 0 unspecified atom stereocenters. The third-order valence-corrected chi connectivity index (χ3v) is 4.67. The Morgan fingerprint density at radius 2 is 1.97 bits per heavy atom. The second kappa shape index (κ2) is 7.54. The van der Waals surface area contributed by atoms with Gasteiger partial charge in [-0.25, -0.2) is 23.0 Å². The van der Waals surface area contributed by atoms with Gasteiger partial charge in [-0.1, -0.05) is 6.07 Å². The number of hydrogen-bond acceptors (Lipinski definition) is 5. The Kier molecular flexibility index (Phi) is 4.90. The highest BCUT2D eigenvalue weighted by Gasteiger charge is 2.26. The molecule has 0 bridgehead atoms. The molecule has 2 N–H and O–H groups in total. The molecule has 0 saturated heterocycles. The summed E-state index contributed by atoms with van der Waals surface area (Å²) in [5, 5.41) is 18.0. The summed E-state index contributed by atoms with van der Waals surface area (Å²) in [7, 11) is 1.61. The molecule has 2 heterocycles.